The smallest absolute Gasteiger partial charge is 0.335 e. The average Bonchev–Trinajstić information content (AvgIpc) is 2.52. The zero-order valence-corrected chi connectivity index (χ0v) is 14.3. The summed E-state index contributed by atoms with van der Waals surface area (Å²) in [5.41, 5.74) is 2.26. The van der Waals surface area contributed by atoms with Crippen molar-refractivity contribution in [3.05, 3.63) is 70.7 Å². The quantitative estimate of drug-likeness (QED) is 0.656. The van der Waals surface area contributed by atoms with Gasteiger partial charge < -0.3 is 8.85 Å². The van der Waals surface area contributed by atoms with Crippen LogP contribution in [0.15, 0.2) is 54.6 Å². The van der Waals surface area contributed by atoms with Crippen LogP contribution in [-0.4, -0.2) is 8.56 Å². The molecule has 0 radical (unpaired) electrons. The van der Waals surface area contributed by atoms with Crippen LogP contribution >= 0.6 is 11.6 Å². The molecule has 0 aliphatic carbocycles. The van der Waals surface area contributed by atoms with Crippen LogP contribution in [0.25, 0.3) is 0 Å². The molecule has 0 saturated carbocycles. The Balaban J connectivity index is 1.91. The Kier molecular flexibility index (Phi) is 6.00. The third-order valence-electron chi connectivity index (χ3n) is 3.46. The first-order chi connectivity index (χ1) is 10.1. The molecule has 0 heterocycles. The molecule has 4 heteroatoms. The van der Waals surface area contributed by atoms with Crippen molar-refractivity contribution >= 4 is 20.2 Å². The molecular weight excluding hydrogens is 300 g/mol. The van der Waals surface area contributed by atoms with Crippen LogP contribution in [0.1, 0.15) is 18.1 Å². The maximum absolute atomic E-state index is 6.10. The van der Waals surface area contributed by atoms with Gasteiger partial charge in [0.15, 0.2) is 0 Å². The second-order valence-electron chi connectivity index (χ2n) is 5.18. The average molecular weight is 321 g/mol. The van der Waals surface area contributed by atoms with E-state index in [4.69, 9.17) is 20.5 Å². The van der Waals surface area contributed by atoms with Crippen LogP contribution in [-0.2, 0) is 22.1 Å². The van der Waals surface area contributed by atoms with E-state index in [1.54, 1.807) is 0 Å². The molecule has 0 saturated heterocycles. The van der Waals surface area contributed by atoms with E-state index in [1.165, 1.54) is 5.56 Å². The maximum atomic E-state index is 6.10. The predicted molar refractivity (Wildman–Crippen MR) is 89.6 cm³/mol. The molecule has 1 atom stereocenters. The minimum atomic E-state index is -2.15. The molecule has 0 N–H and O–H groups in total. The molecule has 0 bridgehead atoms. The summed E-state index contributed by atoms with van der Waals surface area (Å²) in [6.45, 7) is 5.38. The molecule has 0 amide bonds. The molecule has 0 aromatic heterocycles. The van der Waals surface area contributed by atoms with Crippen molar-refractivity contribution in [2.75, 3.05) is 0 Å². The van der Waals surface area contributed by atoms with Crippen LogP contribution < -0.4 is 0 Å². The normalized spacial score (nSPS) is 13.9. The van der Waals surface area contributed by atoms with Gasteiger partial charge in [0.05, 0.1) is 13.2 Å². The van der Waals surface area contributed by atoms with Gasteiger partial charge in [-0.2, -0.15) is 0 Å². The molecule has 1 unspecified atom stereocenters. The Bertz CT molecular complexity index is 562. The van der Waals surface area contributed by atoms with Gasteiger partial charge in [-0.3, -0.25) is 0 Å². The molecule has 2 aromatic carbocycles. The highest BCUT2D eigenvalue weighted by atomic mass is 35.5. The minimum Gasteiger partial charge on any atom is -0.390 e. The van der Waals surface area contributed by atoms with Crippen LogP contribution in [0.5, 0.6) is 0 Å². The van der Waals surface area contributed by atoms with Crippen LogP contribution in [0.2, 0.25) is 17.6 Å². The lowest BCUT2D eigenvalue weighted by Gasteiger charge is -2.26. The molecule has 0 aliphatic heterocycles. The summed E-state index contributed by atoms with van der Waals surface area (Å²) >= 11 is 5.99. The van der Waals surface area contributed by atoms with Crippen LogP contribution in [0, 0.1) is 0 Å². The van der Waals surface area contributed by atoms with E-state index in [9.17, 15) is 0 Å². The SMILES string of the molecule is CC[Si](C)(OCc1ccccc1)OCc1cccc(Cl)c1. The van der Waals surface area contributed by atoms with Gasteiger partial charge in [0, 0.05) is 5.02 Å². The fourth-order valence-electron chi connectivity index (χ4n) is 1.92. The van der Waals surface area contributed by atoms with Gasteiger partial charge in [0.1, 0.15) is 0 Å². The third-order valence-corrected chi connectivity index (χ3v) is 6.49. The van der Waals surface area contributed by atoms with Crippen LogP contribution in [0.4, 0.5) is 0 Å². The number of hydrogen-bond acceptors (Lipinski definition) is 2. The summed E-state index contributed by atoms with van der Waals surface area (Å²) in [5, 5.41) is 0.737. The molecule has 2 nitrogen and oxygen atoms in total. The lowest BCUT2D eigenvalue weighted by Crippen LogP contribution is -2.37. The highest BCUT2D eigenvalue weighted by Crippen LogP contribution is 2.19. The predicted octanol–water partition coefficient (Wildman–Crippen LogP) is 5.17. The van der Waals surface area contributed by atoms with E-state index < -0.39 is 8.56 Å². The van der Waals surface area contributed by atoms with Crippen molar-refractivity contribution in [2.24, 2.45) is 0 Å². The van der Waals surface area contributed by atoms with E-state index in [0.29, 0.717) is 13.2 Å². The van der Waals surface area contributed by atoms with Crippen molar-refractivity contribution in [3.63, 3.8) is 0 Å². The minimum absolute atomic E-state index is 0.548. The Labute approximate surface area is 132 Å². The summed E-state index contributed by atoms with van der Waals surface area (Å²) in [5.74, 6) is 0. The zero-order chi connectivity index (χ0) is 15.1. The van der Waals surface area contributed by atoms with Crippen molar-refractivity contribution in [1.82, 2.24) is 0 Å². The first-order valence-electron chi connectivity index (χ1n) is 7.17. The molecule has 2 aromatic rings. The maximum Gasteiger partial charge on any atom is 0.335 e. The van der Waals surface area contributed by atoms with Gasteiger partial charge in [-0.1, -0.05) is 61.0 Å². The first-order valence-corrected chi connectivity index (χ1v) is 10.1. The summed E-state index contributed by atoms with van der Waals surface area (Å²) in [6.07, 6.45) is 0. The van der Waals surface area contributed by atoms with E-state index in [0.717, 1.165) is 16.6 Å². The lowest BCUT2D eigenvalue weighted by molar-refractivity contribution is 0.159. The molecule has 112 valence electrons. The van der Waals surface area contributed by atoms with E-state index >= 15 is 0 Å². The zero-order valence-electron chi connectivity index (χ0n) is 12.5. The van der Waals surface area contributed by atoms with Crippen molar-refractivity contribution < 1.29 is 8.85 Å². The van der Waals surface area contributed by atoms with Crippen LogP contribution in [0.3, 0.4) is 0 Å². The number of hydrogen-bond donors (Lipinski definition) is 0. The number of rotatable bonds is 7. The van der Waals surface area contributed by atoms with Crippen molar-refractivity contribution in [2.45, 2.75) is 32.7 Å². The summed E-state index contributed by atoms with van der Waals surface area (Å²) < 4.78 is 12.2. The Morgan fingerprint density at radius 2 is 1.52 bits per heavy atom. The molecule has 21 heavy (non-hydrogen) atoms. The largest absolute Gasteiger partial charge is 0.390 e. The van der Waals surface area contributed by atoms with E-state index in [2.05, 4.69) is 25.6 Å². The molecule has 0 fully saturated rings. The highest BCUT2D eigenvalue weighted by Gasteiger charge is 2.29. The highest BCUT2D eigenvalue weighted by molar-refractivity contribution is 6.65. The second kappa shape index (κ2) is 7.76. The standard InChI is InChI=1S/C17H21ClO2Si/c1-3-21(2,19-13-15-8-5-4-6-9-15)20-14-16-10-7-11-17(18)12-16/h4-12H,3,13-14H2,1-2H3. The van der Waals surface area contributed by atoms with Crippen molar-refractivity contribution in [1.29, 1.82) is 0 Å². The monoisotopic (exact) mass is 320 g/mol. The van der Waals surface area contributed by atoms with E-state index in [-0.39, 0.29) is 0 Å². The summed E-state index contributed by atoms with van der Waals surface area (Å²) in [7, 11) is -2.15. The Hall–Kier alpha value is -1.13. The van der Waals surface area contributed by atoms with E-state index in [1.807, 2.05) is 42.5 Å². The molecule has 0 spiro atoms. The second-order valence-corrected chi connectivity index (χ2v) is 9.17. The molecule has 0 aliphatic rings. The molecular formula is C17H21ClO2Si. The Morgan fingerprint density at radius 3 is 2.14 bits per heavy atom. The third kappa shape index (κ3) is 5.29. The van der Waals surface area contributed by atoms with Gasteiger partial charge in [-0.15, -0.1) is 0 Å². The van der Waals surface area contributed by atoms with Gasteiger partial charge in [0.25, 0.3) is 0 Å². The Morgan fingerprint density at radius 1 is 0.905 bits per heavy atom. The summed E-state index contributed by atoms with van der Waals surface area (Å²) in [4.78, 5) is 0. The van der Waals surface area contributed by atoms with Gasteiger partial charge in [0.2, 0.25) is 0 Å². The number of benzene rings is 2. The number of halogens is 1. The van der Waals surface area contributed by atoms with Crippen molar-refractivity contribution in [3.8, 4) is 0 Å². The van der Waals surface area contributed by atoms with Gasteiger partial charge in [-0.25, -0.2) is 0 Å². The molecule has 2 rings (SSSR count). The topological polar surface area (TPSA) is 18.5 Å². The van der Waals surface area contributed by atoms with Gasteiger partial charge in [-0.05, 0) is 35.9 Å². The first kappa shape index (κ1) is 16.2. The fraction of sp³-hybridized carbons (Fsp3) is 0.294. The summed E-state index contributed by atoms with van der Waals surface area (Å²) in [6, 6.07) is 18.9. The lowest BCUT2D eigenvalue weighted by atomic mass is 10.2. The van der Waals surface area contributed by atoms with Gasteiger partial charge >= 0.3 is 8.56 Å². The fourth-order valence-corrected chi connectivity index (χ4v) is 3.57.